The summed E-state index contributed by atoms with van der Waals surface area (Å²) in [7, 11) is 0. The highest BCUT2D eigenvalue weighted by atomic mass is 19.1. The number of urea groups is 1. The number of anilines is 1. The van der Waals surface area contributed by atoms with Crippen LogP contribution in [-0.4, -0.2) is 90.7 Å². The standard InChI is InChI=1S/C37H56FN7O6/c1-8-17-44(26-14-12-25(38)13-15-26)18-16-40-34(49)29(22(3)4)42-36(51)43-31(37(5,6)7)35(50)45-21-23(9-2)20-28(45)33(48)41-27(19-24-10-11-24)30(46)32(39)47/h9,12-15,22-24,27-29,31H,2,8,10-11,16-21H2,1,3-7H3,(H2,39,47)(H,40,49)(H,41,48)(H2,42,43,51)/t23-,27?,28+,29+,31-/m1/s1. The molecule has 2 fully saturated rings. The molecule has 51 heavy (non-hydrogen) atoms. The van der Waals surface area contributed by atoms with Crippen molar-refractivity contribution in [2.24, 2.45) is 28.9 Å². The number of primary amides is 1. The van der Waals surface area contributed by atoms with E-state index in [1.807, 2.05) is 11.8 Å². The third-order valence-electron chi connectivity index (χ3n) is 9.38. The van der Waals surface area contributed by atoms with E-state index in [4.69, 9.17) is 5.73 Å². The normalized spacial score (nSPS) is 19.0. The van der Waals surface area contributed by atoms with Gasteiger partial charge >= 0.3 is 6.03 Å². The second kappa shape index (κ2) is 18.1. The summed E-state index contributed by atoms with van der Waals surface area (Å²) in [6.45, 7) is 16.4. The van der Waals surface area contributed by atoms with Gasteiger partial charge in [-0.1, -0.05) is 60.5 Å². The molecule has 282 valence electrons. The Bertz CT molecular complexity index is 1430. The lowest BCUT2D eigenvalue weighted by atomic mass is 9.85. The van der Waals surface area contributed by atoms with E-state index in [0.29, 0.717) is 19.5 Å². The van der Waals surface area contributed by atoms with Crippen LogP contribution in [0.25, 0.3) is 0 Å². The van der Waals surface area contributed by atoms with E-state index in [1.54, 1.807) is 52.8 Å². The average Bonchev–Trinajstić information content (AvgIpc) is 3.78. The molecule has 1 aromatic rings. The zero-order valence-electron chi connectivity index (χ0n) is 30.8. The van der Waals surface area contributed by atoms with Gasteiger partial charge < -0.3 is 36.8 Å². The quantitative estimate of drug-likeness (QED) is 0.114. The zero-order chi connectivity index (χ0) is 38.0. The first-order valence-electron chi connectivity index (χ1n) is 17.9. The number of hydrogen-bond donors (Lipinski definition) is 5. The van der Waals surface area contributed by atoms with Crippen molar-refractivity contribution in [1.29, 1.82) is 0 Å². The number of amides is 6. The van der Waals surface area contributed by atoms with Crippen molar-refractivity contribution in [3.8, 4) is 0 Å². The van der Waals surface area contributed by atoms with Gasteiger partial charge in [-0.05, 0) is 66.7 Å². The molecule has 14 heteroatoms. The molecule has 13 nitrogen and oxygen atoms in total. The summed E-state index contributed by atoms with van der Waals surface area (Å²) in [5, 5.41) is 11.0. The molecule has 6 N–H and O–H groups in total. The van der Waals surface area contributed by atoms with Crippen LogP contribution in [0.2, 0.25) is 0 Å². The lowest BCUT2D eigenvalue weighted by Gasteiger charge is -2.36. The van der Waals surface area contributed by atoms with E-state index in [-0.39, 0.29) is 43.1 Å². The SMILES string of the molecule is C=C[C@@H]1C[C@@H](C(=O)NC(CC2CC2)C(=O)C(N)=O)N(C(=O)[C@@H](NC(=O)N[C@H](C(=O)NCCN(CCC)c2ccc(F)cc2)C(C)C)C(C)(C)C)C1. The number of halogens is 1. The maximum absolute atomic E-state index is 14.2. The Labute approximate surface area is 300 Å². The van der Waals surface area contributed by atoms with E-state index >= 15 is 0 Å². The number of Topliss-reactive ketones (excluding diaryl/α,β-unsaturated/α-hetero) is 1. The molecular formula is C37H56FN7O6. The summed E-state index contributed by atoms with van der Waals surface area (Å²) in [4.78, 5) is 82.2. The molecule has 1 aliphatic carbocycles. The summed E-state index contributed by atoms with van der Waals surface area (Å²) in [5.74, 6) is -4.15. The van der Waals surface area contributed by atoms with Crippen LogP contribution in [-0.2, 0) is 24.0 Å². The number of nitrogens with two attached hydrogens (primary N) is 1. The van der Waals surface area contributed by atoms with Crippen LogP contribution in [0.1, 0.15) is 73.6 Å². The maximum Gasteiger partial charge on any atom is 0.316 e. The molecular weight excluding hydrogens is 657 g/mol. The minimum atomic E-state index is -1.14. The van der Waals surface area contributed by atoms with Crippen molar-refractivity contribution in [3.05, 3.63) is 42.7 Å². The number of carbonyl (C=O) groups is 6. The summed E-state index contributed by atoms with van der Waals surface area (Å²) < 4.78 is 13.5. The second-order valence-electron chi connectivity index (χ2n) is 15.1. The highest BCUT2D eigenvalue weighted by molar-refractivity contribution is 6.37. The Kier molecular flexibility index (Phi) is 14.6. The number of nitrogens with zero attached hydrogens (tertiary/aromatic N) is 2. The summed E-state index contributed by atoms with van der Waals surface area (Å²) in [5.41, 5.74) is 5.28. The number of benzene rings is 1. The largest absolute Gasteiger partial charge is 0.370 e. The van der Waals surface area contributed by atoms with Crippen LogP contribution in [0.3, 0.4) is 0 Å². The fraction of sp³-hybridized carbons (Fsp3) is 0.622. The Morgan fingerprint density at radius 3 is 2.22 bits per heavy atom. The maximum atomic E-state index is 14.2. The van der Waals surface area contributed by atoms with Gasteiger partial charge in [0.05, 0.1) is 6.04 Å². The van der Waals surface area contributed by atoms with E-state index in [1.165, 1.54) is 17.0 Å². The van der Waals surface area contributed by atoms with Crippen molar-refractivity contribution < 1.29 is 33.2 Å². The van der Waals surface area contributed by atoms with Gasteiger partial charge in [0, 0.05) is 31.9 Å². The van der Waals surface area contributed by atoms with Gasteiger partial charge in [-0.25, -0.2) is 9.18 Å². The van der Waals surface area contributed by atoms with Crippen LogP contribution >= 0.6 is 0 Å². The topological polar surface area (TPSA) is 183 Å². The number of carbonyl (C=O) groups excluding carboxylic acids is 6. The summed E-state index contributed by atoms with van der Waals surface area (Å²) >= 11 is 0. The minimum absolute atomic E-state index is 0.164. The summed E-state index contributed by atoms with van der Waals surface area (Å²) in [6.07, 6.45) is 4.82. The van der Waals surface area contributed by atoms with E-state index in [9.17, 15) is 33.2 Å². The first-order chi connectivity index (χ1) is 24.0. The van der Waals surface area contributed by atoms with Crippen molar-refractivity contribution in [2.45, 2.75) is 97.8 Å². The van der Waals surface area contributed by atoms with E-state index < -0.39 is 65.0 Å². The van der Waals surface area contributed by atoms with Gasteiger partial charge in [0.25, 0.3) is 5.91 Å². The van der Waals surface area contributed by atoms with Gasteiger partial charge in [0.2, 0.25) is 23.5 Å². The van der Waals surface area contributed by atoms with Crippen LogP contribution in [0.4, 0.5) is 14.9 Å². The molecule has 5 atom stereocenters. The van der Waals surface area contributed by atoms with E-state index in [2.05, 4.69) is 27.8 Å². The molecule has 0 aromatic heterocycles. The first kappa shape index (κ1) is 40.9. The van der Waals surface area contributed by atoms with Crippen LogP contribution < -0.4 is 31.9 Å². The Morgan fingerprint density at radius 2 is 1.69 bits per heavy atom. The molecule has 1 heterocycles. The van der Waals surface area contributed by atoms with Crippen molar-refractivity contribution in [2.75, 3.05) is 31.1 Å². The fourth-order valence-corrected chi connectivity index (χ4v) is 6.27. The number of ketones is 1. The number of rotatable bonds is 18. The molecule has 0 bridgehead atoms. The Balaban J connectivity index is 1.69. The van der Waals surface area contributed by atoms with Gasteiger partial charge in [0.1, 0.15) is 23.9 Å². The van der Waals surface area contributed by atoms with Gasteiger partial charge in [-0.15, -0.1) is 6.58 Å². The number of likely N-dealkylation sites (tertiary alicyclic amines) is 1. The van der Waals surface area contributed by atoms with Gasteiger partial charge in [-0.3, -0.25) is 24.0 Å². The molecule has 1 saturated heterocycles. The molecule has 2 aliphatic rings. The average molecular weight is 714 g/mol. The van der Waals surface area contributed by atoms with Crippen LogP contribution in [0.5, 0.6) is 0 Å². The first-order valence-corrected chi connectivity index (χ1v) is 17.9. The molecule has 0 spiro atoms. The lowest BCUT2D eigenvalue weighted by Crippen LogP contribution is -2.61. The highest BCUT2D eigenvalue weighted by Gasteiger charge is 2.45. The van der Waals surface area contributed by atoms with Crippen molar-refractivity contribution >= 4 is 41.1 Å². The van der Waals surface area contributed by atoms with Crippen LogP contribution in [0.15, 0.2) is 36.9 Å². The molecule has 0 radical (unpaired) electrons. The predicted octanol–water partition coefficient (Wildman–Crippen LogP) is 2.64. The molecule has 6 amide bonds. The third-order valence-corrected chi connectivity index (χ3v) is 9.38. The molecule has 1 unspecified atom stereocenters. The Hall–Kier alpha value is -4.49. The minimum Gasteiger partial charge on any atom is -0.370 e. The second-order valence-corrected chi connectivity index (χ2v) is 15.1. The fourth-order valence-electron chi connectivity index (χ4n) is 6.27. The smallest absolute Gasteiger partial charge is 0.316 e. The molecule has 1 saturated carbocycles. The lowest BCUT2D eigenvalue weighted by molar-refractivity contribution is -0.143. The monoisotopic (exact) mass is 713 g/mol. The highest BCUT2D eigenvalue weighted by Crippen LogP contribution is 2.34. The molecule has 3 rings (SSSR count). The number of hydrogen-bond acceptors (Lipinski definition) is 7. The predicted molar refractivity (Wildman–Crippen MR) is 193 cm³/mol. The van der Waals surface area contributed by atoms with Crippen molar-refractivity contribution in [3.63, 3.8) is 0 Å². The Morgan fingerprint density at radius 1 is 1.04 bits per heavy atom. The van der Waals surface area contributed by atoms with Crippen molar-refractivity contribution in [1.82, 2.24) is 26.2 Å². The summed E-state index contributed by atoms with van der Waals surface area (Å²) in [6, 6.07) is 1.35. The number of nitrogens with one attached hydrogen (secondary N) is 4. The molecule has 1 aromatic carbocycles. The zero-order valence-corrected chi connectivity index (χ0v) is 30.8. The van der Waals surface area contributed by atoms with Gasteiger partial charge in [-0.2, -0.15) is 0 Å². The third kappa shape index (κ3) is 11.8. The van der Waals surface area contributed by atoms with Gasteiger partial charge in [0.15, 0.2) is 0 Å². The van der Waals surface area contributed by atoms with E-state index in [0.717, 1.165) is 24.9 Å². The molecule has 1 aliphatic heterocycles. The van der Waals surface area contributed by atoms with Crippen LogP contribution in [0, 0.1) is 29.0 Å².